The van der Waals surface area contributed by atoms with E-state index < -0.39 is 5.82 Å². The van der Waals surface area contributed by atoms with E-state index >= 15 is 0 Å². The van der Waals surface area contributed by atoms with E-state index in [9.17, 15) is 9.18 Å². The zero-order valence-electron chi connectivity index (χ0n) is 14.7. The van der Waals surface area contributed by atoms with Crippen LogP contribution >= 0.6 is 11.6 Å². The molecular weight excluding hydrogens is 353 g/mol. The van der Waals surface area contributed by atoms with Crippen molar-refractivity contribution in [1.82, 2.24) is 10.2 Å². The molecule has 1 heterocycles. The summed E-state index contributed by atoms with van der Waals surface area (Å²) >= 11 is 5.80. The molecule has 4 nitrogen and oxygen atoms in total. The Labute approximate surface area is 158 Å². The van der Waals surface area contributed by atoms with Gasteiger partial charge < -0.3 is 11.1 Å². The van der Waals surface area contributed by atoms with E-state index in [4.69, 9.17) is 17.3 Å². The van der Waals surface area contributed by atoms with Crippen LogP contribution in [0.3, 0.4) is 0 Å². The maximum Gasteiger partial charge on any atom is 0.251 e. The maximum absolute atomic E-state index is 13.9. The third-order valence-corrected chi connectivity index (χ3v) is 5.34. The molecule has 2 aromatic rings. The Bertz CT molecular complexity index is 781. The van der Waals surface area contributed by atoms with Gasteiger partial charge in [-0.3, -0.25) is 9.69 Å². The summed E-state index contributed by atoms with van der Waals surface area (Å²) in [6, 6.07) is 12.3. The number of nitrogens with one attached hydrogen (secondary N) is 1. The highest BCUT2D eigenvalue weighted by atomic mass is 35.5. The Morgan fingerprint density at radius 2 is 2.04 bits per heavy atom. The van der Waals surface area contributed by atoms with Gasteiger partial charge in [0.2, 0.25) is 0 Å². The van der Waals surface area contributed by atoms with Gasteiger partial charge in [0.25, 0.3) is 5.91 Å². The molecule has 3 N–H and O–H groups in total. The highest BCUT2D eigenvalue weighted by Gasteiger charge is 2.33. The summed E-state index contributed by atoms with van der Waals surface area (Å²) in [5, 5.41) is 3.13. The smallest absolute Gasteiger partial charge is 0.251 e. The third kappa shape index (κ3) is 4.06. The molecule has 0 spiro atoms. The van der Waals surface area contributed by atoms with Crippen LogP contribution in [0, 0.1) is 11.7 Å². The van der Waals surface area contributed by atoms with Gasteiger partial charge in [0.05, 0.1) is 5.02 Å². The summed E-state index contributed by atoms with van der Waals surface area (Å²) in [6.07, 6.45) is 0.942. The van der Waals surface area contributed by atoms with Gasteiger partial charge in [-0.1, -0.05) is 29.8 Å². The standard InChI is InChI=1S/C20H23ClFN3O/c1-25-9-8-16(19(25)15-6-7-17(21)18(22)10-15)12-24-20(26)14-4-2-13(11-23)3-5-14/h2-7,10,16,19H,8-9,11-12,23H2,1H3,(H,24,26). The zero-order chi connectivity index (χ0) is 18.7. The lowest BCUT2D eigenvalue weighted by atomic mass is 9.93. The van der Waals surface area contributed by atoms with E-state index in [-0.39, 0.29) is 22.9 Å². The summed E-state index contributed by atoms with van der Waals surface area (Å²) in [5.41, 5.74) is 8.07. The SMILES string of the molecule is CN1CCC(CNC(=O)c2ccc(CN)cc2)C1c1ccc(Cl)c(F)c1. The molecule has 0 saturated carbocycles. The fourth-order valence-electron chi connectivity index (χ4n) is 3.58. The Balaban J connectivity index is 1.67. The van der Waals surface area contributed by atoms with Gasteiger partial charge in [-0.15, -0.1) is 0 Å². The maximum atomic E-state index is 13.9. The number of hydrogen-bond donors (Lipinski definition) is 2. The molecule has 1 aliphatic heterocycles. The third-order valence-electron chi connectivity index (χ3n) is 5.04. The molecule has 2 atom stereocenters. The predicted octanol–water partition coefficient (Wildman–Crippen LogP) is 3.36. The average Bonchev–Trinajstić information content (AvgIpc) is 3.02. The van der Waals surface area contributed by atoms with Crippen molar-refractivity contribution < 1.29 is 9.18 Å². The highest BCUT2D eigenvalue weighted by Crippen LogP contribution is 2.36. The van der Waals surface area contributed by atoms with Crippen molar-refractivity contribution in [3.8, 4) is 0 Å². The van der Waals surface area contributed by atoms with Crippen molar-refractivity contribution in [2.45, 2.75) is 19.0 Å². The Kier molecular flexibility index (Phi) is 5.91. The van der Waals surface area contributed by atoms with Gasteiger partial charge in [0.15, 0.2) is 0 Å². The van der Waals surface area contributed by atoms with E-state index in [1.54, 1.807) is 18.2 Å². The monoisotopic (exact) mass is 375 g/mol. The van der Waals surface area contributed by atoms with Crippen molar-refractivity contribution in [2.75, 3.05) is 20.1 Å². The Morgan fingerprint density at radius 3 is 2.69 bits per heavy atom. The number of rotatable bonds is 5. The summed E-state index contributed by atoms with van der Waals surface area (Å²) < 4.78 is 13.9. The van der Waals surface area contributed by atoms with Crippen LogP contribution in [0.1, 0.15) is 33.9 Å². The topological polar surface area (TPSA) is 58.4 Å². The van der Waals surface area contributed by atoms with Gasteiger partial charge in [-0.25, -0.2) is 4.39 Å². The van der Waals surface area contributed by atoms with Gasteiger partial charge in [-0.2, -0.15) is 0 Å². The molecule has 0 radical (unpaired) electrons. The van der Waals surface area contributed by atoms with Gasteiger partial charge in [-0.05, 0) is 61.3 Å². The molecule has 1 saturated heterocycles. The molecule has 2 unspecified atom stereocenters. The number of nitrogens with zero attached hydrogens (tertiary/aromatic N) is 1. The Hall–Kier alpha value is -1.95. The average molecular weight is 376 g/mol. The quantitative estimate of drug-likeness (QED) is 0.842. The summed E-state index contributed by atoms with van der Waals surface area (Å²) in [5.74, 6) is -0.302. The second kappa shape index (κ2) is 8.16. The van der Waals surface area contributed by atoms with Crippen LogP contribution in [0.25, 0.3) is 0 Å². The molecule has 0 bridgehead atoms. The van der Waals surface area contributed by atoms with Crippen LogP contribution in [0.15, 0.2) is 42.5 Å². The lowest BCUT2D eigenvalue weighted by Gasteiger charge is -2.26. The lowest BCUT2D eigenvalue weighted by molar-refractivity contribution is 0.0943. The van der Waals surface area contributed by atoms with Gasteiger partial charge in [0.1, 0.15) is 5.82 Å². The molecule has 1 aliphatic rings. The molecule has 26 heavy (non-hydrogen) atoms. The van der Waals surface area contributed by atoms with Crippen LogP contribution in [0.2, 0.25) is 5.02 Å². The fourth-order valence-corrected chi connectivity index (χ4v) is 3.70. The number of likely N-dealkylation sites (tertiary alicyclic amines) is 1. The van der Waals surface area contributed by atoms with Crippen molar-refractivity contribution in [1.29, 1.82) is 0 Å². The number of amides is 1. The molecule has 2 aromatic carbocycles. The minimum atomic E-state index is -0.410. The lowest BCUT2D eigenvalue weighted by Crippen LogP contribution is -2.32. The molecule has 0 aromatic heterocycles. The van der Waals surface area contributed by atoms with Gasteiger partial charge >= 0.3 is 0 Å². The van der Waals surface area contributed by atoms with Crippen molar-refractivity contribution >= 4 is 17.5 Å². The number of benzene rings is 2. The zero-order valence-corrected chi connectivity index (χ0v) is 15.5. The Morgan fingerprint density at radius 1 is 1.31 bits per heavy atom. The molecule has 138 valence electrons. The first-order valence-corrected chi connectivity index (χ1v) is 9.09. The van der Waals surface area contributed by atoms with Crippen LogP contribution in [0.5, 0.6) is 0 Å². The molecule has 6 heteroatoms. The van der Waals surface area contributed by atoms with Crippen LogP contribution in [-0.4, -0.2) is 30.9 Å². The predicted molar refractivity (Wildman–Crippen MR) is 102 cm³/mol. The number of carbonyl (C=O) groups is 1. The first-order chi connectivity index (χ1) is 12.5. The van der Waals surface area contributed by atoms with E-state index in [0.29, 0.717) is 18.7 Å². The molecular formula is C20H23ClFN3O. The normalized spacial score (nSPS) is 20.3. The number of carbonyl (C=O) groups excluding carboxylic acids is 1. The summed E-state index contributed by atoms with van der Waals surface area (Å²) in [7, 11) is 2.02. The van der Waals surface area contributed by atoms with Crippen molar-refractivity contribution in [3.05, 3.63) is 70.0 Å². The fraction of sp³-hybridized carbons (Fsp3) is 0.350. The second-order valence-electron chi connectivity index (χ2n) is 6.76. The molecule has 1 amide bonds. The number of nitrogens with two attached hydrogens (primary N) is 1. The number of halogens is 2. The highest BCUT2D eigenvalue weighted by molar-refractivity contribution is 6.30. The van der Waals surface area contributed by atoms with E-state index in [0.717, 1.165) is 24.1 Å². The summed E-state index contributed by atoms with van der Waals surface area (Å²) in [6.45, 7) is 1.90. The van der Waals surface area contributed by atoms with Crippen LogP contribution < -0.4 is 11.1 Å². The largest absolute Gasteiger partial charge is 0.352 e. The van der Waals surface area contributed by atoms with Crippen molar-refractivity contribution in [3.63, 3.8) is 0 Å². The van der Waals surface area contributed by atoms with E-state index in [1.165, 1.54) is 6.07 Å². The minimum Gasteiger partial charge on any atom is -0.352 e. The van der Waals surface area contributed by atoms with Crippen LogP contribution in [-0.2, 0) is 6.54 Å². The molecule has 0 aliphatic carbocycles. The second-order valence-corrected chi connectivity index (χ2v) is 7.17. The first-order valence-electron chi connectivity index (χ1n) is 8.72. The van der Waals surface area contributed by atoms with Gasteiger partial charge in [0, 0.05) is 24.7 Å². The molecule has 3 rings (SSSR count). The molecule has 1 fully saturated rings. The van der Waals surface area contributed by atoms with E-state index in [2.05, 4.69) is 10.2 Å². The number of hydrogen-bond acceptors (Lipinski definition) is 3. The summed E-state index contributed by atoms with van der Waals surface area (Å²) in [4.78, 5) is 14.6. The van der Waals surface area contributed by atoms with E-state index in [1.807, 2.05) is 25.2 Å². The minimum absolute atomic E-state index is 0.0571. The first kappa shape index (κ1) is 18.8. The van der Waals surface area contributed by atoms with Crippen molar-refractivity contribution in [2.24, 2.45) is 11.7 Å². The van der Waals surface area contributed by atoms with Crippen LogP contribution in [0.4, 0.5) is 4.39 Å².